The molecule has 0 aliphatic heterocycles. The van der Waals surface area contributed by atoms with Gasteiger partial charge in [-0.05, 0) is 32.0 Å². The lowest BCUT2D eigenvalue weighted by Crippen LogP contribution is -2.24. The summed E-state index contributed by atoms with van der Waals surface area (Å²) in [4.78, 5) is 12.5. The summed E-state index contributed by atoms with van der Waals surface area (Å²) in [6, 6.07) is 15.3. The number of nitrogens with zero attached hydrogens (tertiary/aromatic N) is 2. The van der Waals surface area contributed by atoms with Crippen LogP contribution in [0.2, 0.25) is 0 Å². The van der Waals surface area contributed by atoms with Gasteiger partial charge in [-0.3, -0.25) is 9.48 Å². The smallest absolute Gasteiger partial charge is 0.255 e. The Bertz CT molecular complexity index is 855. The number of hydrogen-bond acceptors (Lipinski definition) is 3. The number of benzene rings is 2. The molecule has 1 N–H and O–H groups in total. The summed E-state index contributed by atoms with van der Waals surface area (Å²) in [7, 11) is 0. The molecule has 24 heavy (non-hydrogen) atoms. The summed E-state index contributed by atoms with van der Waals surface area (Å²) in [5.41, 5.74) is 2.49. The van der Waals surface area contributed by atoms with Gasteiger partial charge in [0.25, 0.3) is 5.91 Å². The van der Waals surface area contributed by atoms with Gasteiger partial charge < -0.3 is 10.1 Å². The number of hydrogen-bond donors (Lipinski definition) is 1. The summed E-state index contributed by atoms with van der Waals surface area (Å²) in [5, 5.41) is 8.62. The maximum atomic E-state index is 12.5. The van der Waals surface area contributed by atoms with E-state index in [1.807, 2.05) is 48.0 Å². The molecule has 0 saturated carbocycles. The third kappa shape index (κ3) is 3.11. The van der Waals surface area contributed by atoms with Crippen molar-refractivity contribution in [1.29, 1.82) is 0 Å². The Hall–Kier alpha value is -2.82. The van der Waals surface area contributed by atoms with Crippen molar-refractivity contribution in [1.82, 2.24) is 15.1 Å². The number of carbonyl (C=O) groups is 1. The molecule has 0 aliphatic rings. The monoisotopic (exact) mass is 323 g/mol. The molecule has 1 heterocycles. The Morgan fingerprint density at radius 2 is 1.88 bits per heavy atom. The first-order valence-electron chi connectivity index (χ1n) is 8.19. The normalized spacial score (nSPS) is 10.8. The quantitative estimate of drug-likeness (QED) is 0.756. The van der Waals surface area contributed by atoms with Crippen LogP contribution in [-0.4, -0.2) is 22.3 Å². The fourth-order valence-corrected chi connectivity index (χ4v) is 2.76. The highest BCUT2D eigenvalue weighted by Gasteiger charge is 2.14. The molecule has 0 bridgehead atoms. The van der Waals surface area contributed by atoms with Gasteiger partial charge >= 0.3 is 0 Å². The van der Waals surface area contributed by atoms with Crippen molar-refractivity contribution in [2.45, 2.75) is 26.9 Å². The van der Waals surface area contributed by atoms with Gasteiger partial charge in [0.05, 0.1) is 29.9 Å². The second-order valence-electron chi connectivity index (χ2n) is 5.39. The molecule has 124 valence electrons. The van der Waals surface area contributed by atoms with Crippen molar-refractivity contribution in [2.75, 3.05) is 6.61 Å². The number of aryl methyl sites for hydroxylation is 1. The molecule has 3 aromatic rings. The Balaban J connectivity index is 1.80. The molecule has 5 heteroatoms. The molecule has 5 nitrogen and oxygen atoms in total. The first-order chi connectivity index (χ1) is 11.7. The number of carbonyl (C=O) groups excluding carboxylic acids is 1. The molecule has 0 unspecified atom stereocenters. The topological polar surface area (TPSA) is 56.1 Å². The van der Waals surface area contributed by atoms with Gasteiger partial charge in [-0.1, -0.05) is 30.3 Å². The maximum absolute atomic E-state index is 12.5. The van der Waals surface area contributed by atoms with Crippen LogP contribution in [0.5, 0.6) is 5.75 Å². The van der Waals surface area contributed by atoms with Crippen LogP contribution in [0.1, 0.15) is 29.9 Å². The Morgan fingerprint density at radius 1 is 1.12 bits per heavy atom. The minimum absolute atomic E-state index is 0.158. The summed E-state index contributed by atoms with van der Waals surface area (Å²) in [5.74, 6) is 0.440. The van der Waals surface area contributed by atoms with Gasteiger partial charge in [0.2, 0.25) is 0 Å². The van der Waals surface area contributed by atoms with E-state index >= 15 is 0 Å². The number of amides is 1. The van der Waals surface area contributed by atoms with Crippen molar-refractivity contribution < 1.29 is 9.53 Å². The van der Waals surface area contributed by atoms with Crippen LogP contribution >= 0.6 is 0 Å². The zero-order chi connectivity index (χ0) is 16.9. The van der Waals surface area contributed by atoms with E-state index in [0.717, 1.165) is 23.1 Å². The molecular formula is C19H21N3O2. The fraction of sp³-hybridized carbons (Fsp3) is 0.263. The molecule has 1 aromatic heterocycles. The molecule has 0 spiro atoms. The van der Waals surface area contributed by atoms with Crippen LogP contribution in [0.25, 0.3) is 10.9 Å². The SMILES string of the molecule is CCOc1ccccc1C(=O)NCc1nn(CC)c2ccccc12. The van der Waals surface area contributed by atoms with E-state index in [4.69, 9.17) is 4.74 Å². The summed E-state index contributed by atoms with van der Waals surface area (Å²) < 4.78 is 7.47. The first-order valence-corrected chi connectivity index (χ1v) is 8.19. The average molecular weight is 323 g/mol. The third-order valence-electron chi connectivity index (χ3n) is 3.88. The largest absolute Gasteiger partial charge is 0.493 e. The van der Waals surface area contributed by atoms with E-state index in [-0.39, 0.29) is 5.91 Å². The zero-order valence-corrected chi connectivity index (χ0v) is 14.0. The number of rotatable bonds is 6. The van der Waals surface area contributed by atoms with Crippen LogP contribution < -0.4 is 10.1 Å². The van der Waals surface area contributed by atoms with E-state index in [1.165, 1.54) is 0 Å². The Kier molecular flexibility index (Phi) is 4.79. The minimum atomic E-state index is -0.158. The van der Waals surface area contributed by atoms with Crippen LogP contribution in [-0.2, 0) is 13.1 Å². The molecule has 0 atom stereocenters. The van der Waals surface area contributed by atoms with E-state index in [9.17, 15) is 4.79 Å². The van der Waals surface area contributed by atoms with Gasteiger partial charge in [0.15, 0.2) is 0 Å². The van der Waals surface area contributed by atoms with Crippen molar-refractivity contribution in [3.05, 3.63) is 59.8 Å². The lowest BCUT2D eigenvalue weighted by atomic mass is 10.1. The average Bonchev–Trinajstić information content (AvgIpc) is 2.98. The van der Waals surface area contributed by atoms with Crippen LogP contribution in [0, 0.1) is 0 Å². The van der Waals surface area contributed by atoms with Crippen LogP contribution in [0.4, 0.5) is 0 Å². The summed E-state index contributed by atoms with van der Waals surface area (Å²) in [6.07, 6.45) is 0. The summed E-state index contributed by atoms with van der Waals surface area (Å²) >= 11 is 0. The Labute approximate surface area is 141 Å². The molecule has 0 radical (unpaired) electrons. The number of para-hydroxylation sites is 2. The maximum Gasteiger partial charge on any atom is 0.255 e. The van der Waals surface area contributed by atoms with E-state index in [2.05, 4.69) is 17.3 Å². The predicted octanol–water partition coefficient (Wildman–Crippen LogP) is 3.38. The van der Waals surface area contributed by atoms with Crippen molar-refractivity contribution in [3.63, 3.8) is 0 Å². The molecule has 3 rings (SSSR count). The van der Waals surface area contributed by atoms with Crippen LogP contribution in [0.15, 0.2) is 48.5 Å². The van der Waals surface area contributed by atoms with Crippen molar-refractivity contribution in [3.8, 4) is 5.75 Å². The summed E-state index contributed by atoms with van der Waals surface area (Å²) in [6.45, 7) is 5.66. The number of aromatic nitrogens is 2. The molecular weight excluding hydrogens is 302 g/mol. The lowest BCUT2D eigenvalue weighted by molar-refractivity contribution is 0.0946. The molecule has 1 amide bonds. The predicted molar refractivity (Wildman–Crippen MR) is 94.2 cm³/mol. The minimum Gasteiger partial charge on any atom is -0.493 e. The Morgan fingerprint density at radius 3 is 2.67 bits per heavy atom. The van der Waals surface area contributed by atoms with Gasteiger partial charge in [0.1, 0.15) is 5.75 Å². The van der Waals surface area contributed by atoms with E-state index in [0.29, 0.717) is 24.5 Å². The molecule has 0 saturated heterocycles. The molecule has 0 fully saturated rings. The zero-order valence-electron chi connectivity index (χ0n) is 14.0. The van der Waals surface area contributed by atoms with E-state index < -0.39 is 0 Å². The standard InChI is InChI=1S/C19H21N3O2/c1-3-22-17-11-7-5-9-14(17)16(21-22)13-20-19(23)15-10-6-8-12-18(15)24-4-2/h5-12H,3-4,13H2,1-2H3,(H,20,23). The third-order valence-corrected chi connectivity index (χ3v) is 3.88. The highest BCUT2D eigenvalue weighted by Crippen LogP contribution is 2.20. The van der Waals surface area contributed by atoms with Gasteiger partial charge in [-0.2, -0.15) is 5.10 Å². The van der Waals surface area contributed by atoms with Gasteiger partial charge in [0, 0.05) is 11.9 Å². The number of nitrogens with one attached hydrogen (secondary N) is 1. The highest BCUT2D eigenvalue weighted by atomic mass is 16.5. The molecule has 0 aliphatic carbocycles. The molecule has 2 aromatic carbocycles. The van der Waals surface area contributed by atoms with E-state index in [1.54, 1.807) is 12.1 Å². The van der Waals surface area contributed by atoms with Crippen molar-refractivity contribution in [2.24, 2.45) is 0 Å². The second-order valence-corrected chi connectivity index (χ2v) is 5.39. The highest BCUT2D eigenvalue weighted by molar-refractivity contribution is 5.97. The second kappa shape index (κ2) is 7.17. The number of ether oxygens (including phenoxy) is 1. The van der Waals surface area contributed by atoms with Gasteiger partial charge in [-0.25, -0.2) is 0 Å². The van der Waals surface area contributed by atoms with Crippen molar-refractivity contribution >= 4 is 16.8 Å². The van der Waals surface area contributed by atoms with Gasteiger partial charge in [-0.15, -0.1) is 0 Å². The first kappa shape index (κ1) is 16.1. The fourth-order valence-electron chi connectivity index (χ4n) is 2.76. The number of fused-ring (bicyclic) bond motifs is 1. The lowest BCUT2D eigenvalue weighted by Gasteiger charge is -2.09. The van der Waals surface area contributed by atoms with Crippen LogP contribution in [0.3, 0.4) is 0 Å².